The lowest BCUT2D eigenvalue weighted by Gasteiger charge is -2.16. The van der Waals surface area contributed by atoms with E-state index in [-0.39, 0.29) is 31.0 Å². The molecular formula is C22H23NO6S. The van der Waals surface area contributed by atoms with Gasteiger partial charge in [-0.1, -0.05) is 48.2 Å². The summed E-state index contributed by atoms with van der Waals surface area (Å²) in [5, 5.41) is 2.55. The number of esters is 1. The van der Waals surface area contributed by atoms with Gasteiger partial charge in [-0.05, 0) is 29.7 Å². The molecule has 0 spiro atoms. The summed E-state index contributed by atoms with van der Waals surface area (Å²) in [4.78, 5) is 36.0. The summed E-state index contributed by atoms with van der Waals surface area (Å²) >= 11 is 1.08. The molecule has 158 valence electrons. The van der Waals surface area contributed by atoms with Gasteiger partial charge in [0.15, 0.2) is 16.6 Å². The molecule has 0 fully saturated rings. The number of hydrogen-bond acceptors (Lipinski definition) is 7. The molecule has 1 amide bonds. The summed E-state index contributed by atoms with van der Waals surface area (Å²) in [6.07, 6.45) is 0.405. The fourth-order valence-corrected chi connectivity index (χ4v) is 3.60. The molecule has 0 aliphatic carbocycles. The molecule has 0 saturated carbocycles. The average molecular weight is 429 g/mol. The molecule has 0 radical (unpaired) electrons. The second-order valence-corrected chi connectivity index (χ2v) is 7.95. The Labute approximate surface area is 179 Å². The van der Waals surface area contributed by atoms with Crippen molar-refractivity contribution in [2.75, 3.05) is 19.1 Å². The minimum atomic E-state index is -0.520. The minimum absolute atomic E-state index is 0.0687. The molecule has 0 bridgehead atoms. The number of fused-ring (bicyclic) bond motifs is 1. The van der Waals surface area contributed by atoms with Gasteiger partial charge in [-0.2, -0.15) is 0 Å². The van der Waals surface area contributed by atoms with Crippen LogP contribution in [-0.4, -0.2) is 36.1 Å². The molecule has 2 aromatic carbocycles. The van der Waals surface area contributed by atoms with E-state index in [9.17, 15) is 14.4 Å². The van der Waals surface area contributed by atoms with Gasteiger partial charge in [-0.15, -0.1) is 0 Å². The molecule has 0 unspecified atom stereocenters. The van der Waals surface area contributed by atoms with Crippen LogP contribution < -0.4 is 14.8 Å². The van der Waals surface area contributed by atoms with Crippen LogP contribution in [0.1, 0.15) is 18.1 Å². The Balaban J connectivity index is 1.53. The number of thioether (sulfide) groups is 1. The van der Waals surface area contributed by atoms with Crippen molar-refractivity contribution in [3.8, 4) is 11.5 Å². The lowest BCUT2D eigenvalue weighted by molar-refractivity contribution is -0.145. The second-order valence-electron chi connectivity index (χ2n) is 6.76. The number of hydrogen-bond donors (Lipinski definition) is 1. The normalized spacial score (nSPS) is 12.8. The van der Waals surface area contributed by atoms with Crippen molar-refractivity contribution < 1.29 is 28.6 Å². The Hall–Kier alpha value is -3.00. The van der Waals surface area contributed by atoms with Gasteiger partial charge in [-0.25, -0.2) is 0 Å². The van der Waals surface area contributed by atoms with Crippen molar-refractivity contribution in [2.24, 2.45) is 5.92 Å². The van der Waals surface area contributed by atoms with Crippen LogP contribution in [0.2, 0.25) is 0 Å². The molecular weight excluding hydrogens is 406 g/mol. The highest BCUT2D eigenvalue weighted by molar-refractivity contribution is 8.13. The third-order valence-corrected chi connectivity index (χ3v) is 5.40. The van der Waals surface area contributed by atoms with Crippen LogP contribution in [0.3, 0.4) is 0 Å². The molecule has 8 heteroatoms. The van der Waals surface area contributed by atoms with Crippen LogP contribution in [0.4, 0.5) is 0 Å². The van der Waals surface area contributed by atoms with E-state index in [2.05, 4.69) is 5.32 Å². The van der Waals surface area contributed by atoms with E-state index in [4.69, 9.17) is 14.2 Å². The van der Waals surface area contributed by atoms with Gasteiger partial charge in [0.25, 0.3) is 0 Å². The molecule has 1 N–H and O–H groups in total. The minimum Gasteiger partial charge on any atom is -0.460 e. The third kappa shape index (κ3) is 6.52. The first-order valence-electron chi connectivity index (χ1n) is 9.50. The summed E-state index contributed by atoms with van der Waals surface area (Å²) in [5.74, 6) is 0.302. The highest BCUT2D eigenvalue weighted by Crippen LogP contribution is 2.33. The van der Waals surface area contributed by atoms with Crippen molar-refractivity contribution in [1.82, 2.24) is 5.32 Å². The highest BCUT2D eigenvalue weighted by atomic mass is 32.2. The molecule has 30 heavy (non-hydrogen) atoms. The number of amides is 1. The Morgan fingerprint density at radius 1 is 1.07 bits per heavy atom. The maximum atomic E-state index is 12.7. The van der Waals surface area contributed by atoms with Gasteiger partial charge in [0.2, 0.25) is 12.7 Å². The summed E-state index contributed by atoms with van der Waals surface area (Å²) in [5.41, 5.74) is 1.76. The lowest BCUT2D eigenvalue weighted by Crippen LogP contribution is -2.37. The van der Waals surface area contributed by atoms with Crippen LogP contribution in [0.5, 0.6) is 11.5 Å². The molecule has 0 aromatic heterocycles. The second kappa shape index (κ2) is 10.7. The summed E-state index contributed by atoms with van der Waals surface area (Å²) in [6.45, 7) is 1.56. The third-order valence-electron chi connectivity index (χ3n) is 4.43. The molecule has 2 aromatic rings. The number of rotatable bonds is 9. The van der Waals surface area contributed by atoms with E-state index in [1.165, 1.54) is 6.92 Å². The van der Waals surface area contributed by atoms with Gasteiger partial charge >= 0.3 is 5.97 Å². The first kappa shape index (κ1) is 21.7. The Kier molecular flexibility index (Phi) is 7.73. The lowest BCUT2D eigenvalue weighted by atomic mass is 9.99. The fraction of sp³-hybridized carbons (Fsp3) is 0.318. The smallest absolute Gasteiger partial charge is 0.325 e. The number of nitrogens with one attached hydrogen (secondary N) is 1. The van der Waals surface area contributed by atoms with Crippen molar-refractivity contribution >= 4 is 28.8 Å². The maximum absolute atomic E-state index is 12.7. The van der Waals surface area contributed by atoms with E-state index < -0.39 is 11.9 Å². The van der Waals surface area contributed by atoms with Crippen LogP contribution in [-0.2, 0) is 32.1 Å². The highest BCUT2D eigenvalue weighted by Gasteiger charge is 2.22. The Morgan fingerprint density at radius 3 is 2.60 bits per heavy atom. The van der Waals surface area contributed by atoms with E-state index >= 15 is 0 Å². The first-order valence-corrected chi connectivity index (χ1v) is 10.5. The van der Waals surface area contributed by atoms with Crippen LogP contribution in [0, 0.1) is 5.92 Å². The van der Waals surface area contributed by atoms with Crippen LogP contribution >= 0.6 is 11.8 Å². The van der Waals surface area contributed by atoms with Gasteiger partial charge in [-0.3, -0.25) is 14.4 Å². The number of carbonyl (C=O) groups excluding carboxylic acids is 3. The van der Waals surface area contributed by atoms with Gasteiger partial charge in [0, 0.05) is 12.7 Å². The molecule has 1 aliphatic heterocycles. The zero-order valence-corrected chi connectivity index (χ0v) is 17.4. The first-order chi connectivity index (χ1) is 14.5. The Morgan fingerprint density at radius 2 is 1.83 bits per heavy atom. The average Bonchev–Trinajstić information content (AvgIpc) is 3.22. The van der Waals surface area contributed by atoms with E-state index in [1.807, 2.05) is 42.5 Å². The summed E-state index contributed by atoms with van der Waals surface area (Å²) in [6, 6.07) is 14.8. The monoisotopic (exact) mass is 429 g/mol. The SMILES string of the molecule is CC(=O)SC[C@@H](Cc1ccc2c(c1)OCO2)C(=O)NCC(=O)OCc1ccccc1. The standard InChI is InChI=1S/C22H23NO6S/c1-15(24)30-13-18(9-17-7-8-19-20(10-17)29-14-28-19)22(26)23-11-21(25)27-12-16-5-3-2-4-6-16/h2-8,10,18H,9,11-14H2,1H3,(H,23,26)/t18-/m1/s1. The molecule has 1 heterocycles. The molecule has 1 aliphatic rings. The van der Waals surface area contributed by atoms with Gasteiger partial charge in [0.05, 0.1) is 5.92 Å². The topological polar surface area (TPSA) is 90.9 Å². The van der Waals surface area contributed by atoms with Crippen molar-refractivity contribution in [3.63, 3.8) is 0 Å². The molecule has 7 nitrogen and oxygen atoms in total. The van der Waals surface area contributed by atoms with Crippen LogP contribution in [0.15, 0.2) is 48.5 Å². The number of benzene rings is 2. The molecule has 1 atom stereocenters. The number of carbonyl (C=O) groups is 3. The van der Waals surface area contributed by atoms with E-state index in [0.29, 0.717) is 23.7 Å². The quantitative estimate of drug-likeness (QED) is 0.613. The number of ether oxygens (including phenoxy) is 3. The zero-order chi connectivity index (χ0) is 21.3. The zero-order valence-electron chi connectivity index (χ0n) is 16.6. The van der Waals surface area contributed by atoms with Gasteiger partial charge in [0.1, 0.15) is 13.2 Å². The summed E-state index contributed by atoms with van der Waals surface area (Å²) in [7, 11) is 0. The Bertz CT molecular complexity index is 902. The van der Waals surface area contributed by atoms with Crippen molar-refractivity contribution in [2.45, 2.75) is 20.0 Å². The summed E-state index contributed by atoms with van der Waals surface area (Å²) < 4.78 is 15.9. The van der Waals surface area contributed by atoms with Crippen molar-refractivity contribution in [3.05, 3.63) is 59.7 Å². The van der Waals surface area contributed by atoms with E-state index in [1.54, 1.807) is 6.07 Å². The maximum Gasteiger partial charge on any atom is 0.325 e. The van der Waals surface area contributed by atoms with E-state index in [0.717, 1.165) is 22.9 Å². The largest absolute Gasteiger partial charge is 0.460 e. The fourth-order valence-electron chi connectivity index (χ4n) is 2.89. The van der Waals surface area contributed by atoms with Crippen LogP contribution in [0.25, 0.3) is 0 Å². The predicted molar refractivity (Wildman–Crippen MR) is 112 cm³/mol. The predicted octanol–water partition coefficient (Wildman–Crippen LogP) is 2.71. The van der Waals surface area contributed by atoms with Crippen molar-refractivity contribution in [1.29, 1.82) is 0 Å². The molecule has 3 rings (SSSR count). The molecule has 0 saturated heterocycles. The van der Waals surface area contributed by atoms with Gasteiger partial charge < -0.3 is 19.5 Å².